The van der Waals surface area contributed by atoms with Crippen LogP contribution in [0.4, 0.5) is 11.4 Å². The number of thiocarbonyl (C=S) groups is 1. The first-order valence-electron chi connectivity index (χ1n) is 9.52. The predicted octanol–water partition coefficient (Wildman–Crippen LogP) is 2.34. The molecule has 2 rings (SSSR count). The van der Waals surface area contributed by atoms with Crippen molar-refractivity contribution in [3.63, 3.8) is 0 Å². The standard InChI is InChI=1S/C19H26N4O5S/c1-4-28-18(25)14-5-6-15(16(12-14)23(26)27)21-7-9-22(10-8-21)19(29)20-17(24)11-13(2)3/h5-6,12-13H,4,7-11H2,1-3H3,(H,20,24,29). The van der Waals surface area contributed by atoms with E-state index in [1.807, 2.05) is 23.6 Å². The van der Waals surface area contributed by atoms with E-state index in [1.54, 1.807) is 13.0 Å². The largest absolute Gasteiger partial charge is 0.462 e. The van der Waals surface area contributed by atoms with Gasteiger partial charge in [0.25, 0.3) is 5.69 Å². The monoisotopic (exact) mass is 422 g/mol. The number of piperazine rings is 1. The normalized spacial score (nSPS) is 13.9. The molecule has 1 aliphatic heterocycles. The van der Waals surface area contributed by atoms with Gasteiger partial charge in [0.05, 0.1) is 17.1 Å². The first kappa shape index (κ1) is 22.5. The van der Waals surface area contributed by atoms with Crippen molar-refractivity contribution in [2.24, 2.45) is 5.92 Å². The lowest BCUT2D eigenvalue weighted by molar-refractivity contribution is -0.384. The molecule has 0 bridgehead atoms. The molecule has 0 unspecified atom stereocenters. The first-order valence-corrected chi connectivity index (χ1v) is 9.93. The summed E-state index contributed by atoms with van der Waals surface area (Å²) < 4.78 is 4.91. The number of carbonyl (C=O) groups is 2. The van der Waals surface area contributed by atoms with Gasteiger partial charge in [0.1, 0.15) is 5.69 Å². The summed E-state index contributed by atoms with van der Waals surface area (Å²) >= 11 is 5.31. The van der Waals surface area contributed by atoms with E-state index in [0.29, 0.717) is 43.4 Å². The molecule has 0 saturated carbocycles. The van der Waals surface area contributed by atoms with Crippen molar-refractivity contribution < 1.29 is 19.2 Å². The van der Waals surface area contributed by atoms with Gasteiger partial charge >= 0.3 is 5.97 Å². The van der Waals surface area contributed by atoms with Gasteiger partial charge in [-0.1, -0.05) is 13.8 Å². The Morgan fingerprint density at radius 3 is 2.48 bits per heavy atom. The molecule has 1 saturated heterocycles. The van der Waals surface area contributed by atoms with Crippen LogP contribution < -0.4 is 10.2 Å². The van der Waals surface area contributed by atoms with E-state index >= 15 is 0 Å². The molecule has 29 heavy (non-hydrogen) atoms. The summed E-state index contributed by atoms with van der Waals surface area (Å²) in [7, 11) is 0. The van der Waals surface area contributed by atoms with Gasteiger partial charge in [-0.3, -0.25) is 14.9 Å². The molecule has 0 spiro atoms. The third kappa shape index (κ3) is 6.11. The smallest absolute Gasteiger partial charge is 0.338 e. The molecule has 0 atom stereocenters. The Hall–Kier alpha value is -2.75. The summed E-state index contributed by atoms with van der Waals surface area (Å²) in [5.41, 5.74) is 0.448. The number of rotatable bonds is 6. The third-order valence-electron chi connectivity index (χ3n) is 4.43. The summed E-state index contributed by atoms with van der Waals surface area (Å²) in [5.74, 6) is -0.458. The molecule has 1 fully saturated rings. The Morgan fingerprint density at radius 1 is 1.28 bits per heavy atom. The lowest BCUT2D eigenvalue weighted by Gasteiger charge is -2.37. The van der Waals surface area contributed by atoms with Gasteiger partial charge in [0.15, 0.2) is 5.11 Å². The van der Waals surface area contributed by atoms with Crippen LogP contribution in [0.15, 0.2) is 18.2 Å². The van der Waals surface area contributed by atoms with Crippen LogP contribution >= 0.6 is 12.2 Å². The average molecular weight is 423 g/mol. The van der Waals surface area contributed by atoms with Crippen LogP contribution in [0.25, 0.3) is 0 Å². The number of hydrogen-bond donors (Lipinski definition) is 1. The zero-order valence-electron chi connectivity index (χ0n) is 16.8. The lowest BCUT2D eigenvalue weighted by atomic mass is 10.1. The fourth-order valence-corrected chi connectivity index (χ4v) is 3.35. The van der Waals surface area contributed by atoms with Crippen molar-refractivity contribution in [2.75, 3.05) is 37.7 Å². The van der Waals surface area contributed by atoms with Crippen molar-refractivity contribution in [1.82, 2.24) is 10.2 Å². The molecule has 0 aliphatic carbocycles. The van der Waals surface area contributed by atoms with Crippen molar-refractivity contribution in [1.29, 1.82) is 0 Å². The van der Waals surface area contributed by atoms with Gasteiger partial charge in [-0.2, -0.15) is 0 Å². The van der Waals surface area contributed by atoms with Crippen molar-refractivity contribution in [3.05, 3.63) is 33.9 Å². The first-order chi connectivity index (χ1) is 13.7. The number of amides is 1. The van der Waals surface area contributed by atoms with Crippen LogP contribution in [-0.2, 0) is 9.53 Å². The van der Waals surface area contributed by atoms with Crippen LogP contribution in [0.2, 0.25) is 0 Å². The molecule has 1 aromatic carbocycles. The molecule has 1 heterocycles. The van der Waals surface area contributed by atoms with E-state index in [2.05, 4.69) is 5.32 Å². The van der Waals surface area contributed by atoms with Crippen molar-refractivity contribution in [3.8, 4) is 0 Å². The van der Waals surface area contributed by atoms with Gasteiger partial charge < -0.3 is 19.9 Å². The SMILES string of the molecule is CCOC(=O)c1ccc(N2CCN(C(=S)NC(=O)CC(C)C)CC2)c([N+](=O)[O-])c1. The van der Waals surface area contributed by atoms with Crippen LogP contribution in [0.5, 0.6) is 0 Å². The number of nitrogens with zero attached hydrogens (tertiary/aromatic N) is 3. The Labute approximate surface area is 175 Å². The van der Waals surface area contributed by atoms with Gasteiger partial charge in [0, 0.05) is 38.7 Å². The highest BCUT2D eigenvalue weighted by atomic mass is 32.1. The van der Waals surface area contributed by atoms with E-state index in [4.69, 9.17) is 17.0 Å². The zero-order valence-corrected chi connectivity index (χ0v) is 17.7. The van der Waals surface area contributed by atoms with Gasteiger partial charge in [-0.25, -0.2) is 4.79 Å². The molecule has 1 aliphatic rings. The third-order valence-corrected chi connectivity index (χ3v) is 4.79. The minimum Gasteiger partial charge on any atom is -0.462 e. The lowest BCUT2D eigenvalue weighted by Crippen LogP contribution is -2.52. The molecule has 9 nitrogen and oxygen atoms in total. The number of benzene rings is 1. The van der Waals surface area contributed by atoms with E-state index in [0.717, 1.165) is 0 Å². The highest BCUT2D eigenvalue weighted by Crippen LogP contribution is 2.30. The Kier molecular flexibility index (Phi) is 7.89. The van der Waals surface area contributed by atoms with E-state index < -0.39 is 10.9 Å². The molecule has 1 N–H and O–H groups in total. The second-order valence-electron chi connectivity index (χ2n) is 7.11. The maximum atomic E-state index is 11.9. The van der Waals surface area contributed by atoms with Gasteiger partial charge in [-0.15, -0.1) is 0 Å². The molecular weight excluding hydrogens is 396 g/mol. The van der Waals surface area contributed by atoms with Crippen LogP contribution in [0.3, 0.4) is 0 Å². The molecule has 1 aromatic rings. The minimum absolute atomic E-state index is 0.113. The molecule has 1 amide bonds. The fraction of sp³-hybridized carbons (Fsp3) is 0.526. The minimum atomic E-state index is -0.588. The summed E-state index contributed by atoms with van der Waals surface area (Å²) in [6.45, 7) is 7.84. The highest BCUT2D eigenvalue weighted by molar-refractivity contribution is 7.80. The predicted molar refractivity (Wildman–Crippen MR) is 113 cm³/mol. The maximum Gasteiger partial charge on any atom is 0.338 e. The second-order valence-corrected chi connectivity index (χ2v) is 7.49. The molecular formula is C19H26N4O5S. The number of nitro benzene ring substituents is 1. The molecule has 10 heteroatoms. The van der Waals surface area contributed by atoms with Gasteiger partial charge in [0.2, 0.25) is 5.91 Å². The van der Waals surface area contributed by atoms with Gasteiger partial charge in [-0.05, 0) is 37.2 Å². The van der Waals surface area contributed by atoms with E-state index in [1.165, 1.54) is 12.1 Å². The van der Waals surface area contributed by atoms with Crippen molar-refractivity contribution in [2.45, 2.75) is 27.2 Å². The second kappa shape index (κ2) is 10.1. The van der Waals surface area contributed by atoms with Crippen molar-refractivity contribution >= 4 is 40.6 Å². The summed E-state index contributed by atoms with van der Waals surface area (Å²) in [6.07, 6.45) is 0.402. The summed E-state index contributed by atoms with van der Waals surface area (Å²) in [4.78, 5) is 38.5. The number of ether oxygens (including phenoxy) is 1. The van der Waals surface area contributed by atoms with Crippen LogP contribution in [0.1, 0.15) is 37.6 Å². The quantitative estimate of drug-likeness (QED) is 0.322. The number of nitrogens with one attached hydrogen (secondary N) is 1. The highest BCUT2D eigenvalue weighted by Gasteiger charge is 2.26. The summed E-state index contributed by atoms with van der Waals surface area (Å²) in [5, 5.41) is 14.6. The van der Waals surface area contributed by atoms with Crippen LogP contribution in [-0.4, -0.2) is 59.6 Å². The average Bonchev–Trinajstić information content (AvgIpc) is 2.67. The van der Waals surface area contributed by atoms with E-state index in [9.17, 15) is 19.7 Å². The number of nitro groups is 1. The maximum absolute atomic E-state index is 11.9. The number of anilines is 1. The molecule has 0 radical (unpaired) electrons. The van der Waals surface area contributed by atoms with E-state index in [-0.39, 0.29) is 29.7 Å². The topological polar surface area (TPSA) is 105 Å². The Morgan fingerprint density at radius 2 is 1.93 bits per heavy atom. The van der Waals surface area contributed by atoms with Crippen LogP contribution in [0, 0.1) is 16.0 Å². The number of carbonyl (C=O) groups excluding carboxylic acids is 2. The molecule has 0 aromatic heterocycles. The fourth-order valence-electron chi connectivity index (χ4n) is 3.05. The molecule has 158 valence electrons. The Bertz CT molecular complexity index is 791. The zero-order chi connectivity index (χ0) is 21.6. The number of hydrogen-bond acceptors (Lipinski definition) is 7. The Balaban J connectivity index is 2.04. The number of esters is 1. The summed E-state index contributed by atoms with van der Waals surface area (Å²) in [6, 6.07) is 4.35.